The molecule has 1 aromatic rings. The molecule has 0 N–H and O–H groups in total. The molecule has 0 aliphatic heterocycles. The van der Waals surface area contributed by atoms with Crippen LogP contribution in [0.1, 0.15) is 5.56 Å². The number of hydrogen-bond donors (Lipinski definition) is 0. The van der Waals surface area contributed by atoms with E-state index in [1.54, 1.807) is 19.2 Å². The highest BCUT2D eigenvalue weighted by Crippen LogP contribution is 2.22. The van der Waals surface area contributed by atoms with Crippen LogP contribution in [0.5, 0.6) is 5.75 Å². The number of ether oxygens (including phenoxy) is 2. The highest BCUT2D eigenvalue weighted by Gasteiger charge is 2.30. The third-order valence-corrected chi connectivity index (χ3v) is 1.75. The second kappa shape index (κ2) is 5.02. The highest BCUT2D eigenvalue weighted by atomic mass is 19.4. The molecule has 0 amide bonds. The van der Waals surface area contributed by atoms with Gasteiger partial charge in [0.25, 0.3) is 0 Å². The van der Waals surface area contributed by atoms with Crippen LogP contribution in [0.25, 0.3) is 0 Å². The Kier molecular flexibility index (Phi) is 3.96. The fourth-order valence-corrected chi connectivity index (χ4v) is 1.08. The Morgan fingerprint density at radius 1 is 1.13 bits per heavy atom. The van der Waals surface area contributed by atoms with Crippen LogP contribution in [0, 0.1) is 0 Å². The van der Waals surface area contributed by atoms with Crippen molar-refractivity contribution in [3.63, 3.8) is 0 Å². The Morgan fingerprint density at radius 3 is 2.20 bits per heavy atom. The molecule has 0 saturated heterocycles. The maximum atomic E-state index is 11.8. The van der Waals surface area contributed by atoms with Gasteiger partial charge < -0.3 is 9.47 Å². The second-order valence-corrected chi connectivity index (χ2v) is 2.93. The molecule has 0 aliphatic rings. The van der Waals surface area contributed by atoms with Gasteiger partial charge in [0.2, 0.25) is 0 Å². The minimum atomic E-state index is -4.63. The van der Waals surface area contributed by atoms with Gasteiger partial charge in [-0.25, -0.2) is 0 Å². The maximum absolute atomic E-state index is 11.8. The molecule has 0 spiro atoms. The number of hydrogen-bond acceptors (Lipinski definition) is 2. The van der Waals surface area contributed by atoms with Crippen LogP contribution in [0.15, 0.2) is 24.3 Å². The molecule has 0 atom stereocenters. The van der Waals surface area contributed by atoms with Gasteiger partial charge in [-0.2, -0.15) is 0 Å². The monoisotopic (exact) mass is 220 g/mol. The van der Waals surface area contributed by atoms with Gasteiger partial charge >= 0.3 is 6.36 Å². The number of halogens is 3. The van der Waals surface area contributed by atoms with E-state index < -0.39 is 6.36 Å². The summed E-state index contributed by atoms with van der Waals surface area (Å²) in [6.45, 7) is 0.541. The van der Waals surface area contributed by atoms with Gasteiger partial charge in [-0.1, -0.05) is 12.1 Å². The summed E-state index contributed by atoms with van der Waals surface area (Å²) in [6, 6.07) is 5.75. The standard InChI is InChI=1S/C10H11F3O2/c1-14-7-6-8-2-4-9(5-3-8)15-10(11,12)13/h2-5H,6-7H2,1H3. The van der Waals surface area contributed by atoms with Gasteiger partial charge in [0.15, 0.2) is 0 Å². The average Bonchev–Trinajstić information content (AvgIpc) is 2.14. The predicted molar refractivity (Wildman–Crippen MR) is 48.7 cm³/mol. The number of rotatable bonds is 4. The Bertz CT molecular complexity index is 293. The van der Waals surface area contributed by atoms with Crippen LogP contribution < -0.4 is 4.74 Å². The van der Waals surface area contributed by atoms with Gasteiger partial charge in [0.05, 0.1) is 6.61 Å². The summed E-state index contributed by atoms with van der Waals surface area (Å²) in [5.74, 6) is -0.205. The molecular weight excluding hydrogens is 209 g/mol. The van der Waals surface area contributed by atoms with E-state index in [2.05, 4.69) is 4.74 Å². The summed E-state index contributed by atoms with van der Waals surface area (Å²) in [7, 11) is 1.57. The molecule has 0 radical (unpaired) electrons. The summed E-state index contributed by atoms with van der Waals surface area (Å²) in [4.78, 5) is 0. The van der Waals surface area contributed by atoms with Crippen molar-refractivity contribution < 1.29 is 22.6 Å². The maximum Gasteiger partial charge on any atom is 0.573 e. The van der Waals surface area contributed by atoms with Gasteiger partial charge in [-0.3, -0.25) is 0 Å². The van der Waals surface area contributed by atoms with E-state index in [-0.39, 0.29) is 5.75 Å². The Morgan fingerprint density at radius 2 is 1.73 bits per heavy atom. The van der Waals surface area contributed by atoms with Crippen molar-refractivity contribution in [1.29, 1.82) is 0 Å². The zero-order valence-electron chi connectivity index (χ0n) is 8.17. The number of benzene rings is 1. The van der Waals surface area contributed by atoms with Crippen molar-refractivity contribution in [2.24, 2.45) is 0 Å². The van der Waals surface area contributed by atoms with Crippen LogP contribution >= 0.6 is 0 Å². The topological polar surface area (TPSA) is 18.5 Å². The first-order valence-electron chi connectivity index (χ1n) is 4.35. The molecular formula is C10H11F3O2. The van der Waals surface area contributed by atoms with E-state index in [1.165, 1.54) is 12.1 Å². The smallest absolute Gasteiger partial charge is 0.406 e. The molecule has 0 heterocycles. The van der Waals surface area contributed by atoms with Crippen molar-refractivity contribution in [3.05, 3.63) is 29.8 Å². The molecule has 0 fully saturated rings. The van der Waals surface area contributed by atoms with Crippen LogP contribution in [-0.2, 0) is 11.2 Å². The lowest BCUT2D eigenvalue weighted by atomic mass is 10.1. The molecule has 1 aromatic carbocycles. The molecule has 15 heavy (non-hydrogen) atoms. The van der Waals surface area contributed by atoms with Crippen LogP contribution in [0.3, 0.4) is 0 Å². The highest BCUT2D eigenvalue weighted by molar-refractivity contribution is 5.27. The number of methoxy groups -OCH3 is 1. The van der Waals surface area contributed by atoms with E-state index in [9.17, 15) is 13.2 Å². The lowest BCUT2D eigenvalue weighted by Gasteiger charge is -2.09. The summed E-state index contributed by atoms with van der Waals surface area (Å²) < 4.78 is 44.0. The third-order valence-electron chi connectivity index (χ3n) is 1.75. The largest absolute Gasteiger partial charge is 0.573 e. The molecule has 0 aliphatic carbocycles. The fourth-order valence-electron chi connectivity index (χ4n) is 1.08. The first-order chi connectivity index (χ1) is 7.01. The zero-order chi connectivity index (χ0) is 11.3. The SMILES string of the molecule is COCCc1ccc(OC(F)(F)F)cc1. The first-order valence-corrected chi connectivity index (χ1v) is 4.35. The van der Waals surface area contributed by atoms with Gasteiger partial charge in [0, 0.05) is 7.11 Å². The van der Waals surface area contributed by atoms with Crippen LogP contribution in [0.4, 0.5) is 13.2 Å². The van der Waals surface area contributed by atoms with E-state index in [4.69, 9.17) is 4.74 Å². The summed E-state index contributed by atoms with van der Waals surface area (Å²) in [5.41, 5.74) is 0.909. The lowest BCUT2D eigenvalue weighted by molar-refractivity contribution is -0.274. The van der Waals surface area contributed by atoms with Crippen molar-refractivity contribution in [2.45, 2.75) is 12.8 Å². The molecule has 84 valence electrons. The van der Waals surface area contributed by atoms with Crippen molar-refractivity contribution in [3.8, 4) is 5.75 Å². The Balaban J connectivity index is 2.56. The fraction of sp³-hybridized carbons (Fsp3) is 0.400. The Hall–Kier alpha value is -1.23. The minimum Gasteiger partial charge on any atom is -0.406 e. The summed E-state index contributed by atoms with van der Waals surface area (Å²) in [5, 5.41) is 0. The van der Waals surface area contributed by atoms with E-state index in [0.29, 0.717) is 13.0 Å². The van der Waals surface area contributed by atoms with Crippen molar-refractivity contribution in [2.75, 3.05) is 13.7 Å². The molecule has 0 saturated carbocycles. The van der Waals surface area contributed by atoms with E-state index >= 15 is 0 Å². The molecule has 0 bridgehead atoms. The molecule has 0 unspecified atom stereocenters. The average molecular weight is 220 g/mol. The van der Waals surface area contributed by atoms with Crippen molar-refractivity contribution >= 4 is 0 Å². The zero-order valence-corrected chi connectivity index (χ0v) is 8.17. The number of alkyl halides is 3. The normalized spacial score (nSPS) is 11.5. The molecule has 2 nitrogen and oxygen atoms in total. The van der Waals surface area contributed by atoms with Crippen molar-refractivity contribution in [1.82, 2.24) is 0 Å². The summed E-state index contributed by atoms with van der Waals surface area (Å²) in [6.07, 6.45) is -3.96. The van der Waals surface area contributed by atoms with Gasteiger partial charge in [-0.15, -0.1) is 13.2 Å². The van der Waals surface area contributed by atoms with Crippen LogP contribution in [-0.4, -0.2) is 20.1 Å². The Labute approximate surface area is 85.6 Å². The summed E-state index contributed by atoms with van der Waals surface area (Å²) >= 11 is 0. The molecule has 5 heteroatoms. The van der Waals surface area contributed by atoms with E-state index in [1.807, 2.05) is 0 Å². The first kappa shape index (κ1) is 11.8. The van der Waals surface area contributed by atoms with Crippen LogP contribution in [0.2, 0.25) is 0 Å². The van der Waals surface area contributed by atoms with Gasteiger partial charge in [-0.05, 0) is 24.1 Å². The van der Waals surface area contributed by atoms with Gasteiger partial charge in [0.1, 0.15) is 5.75 Å². The predicted octanol–water partition coefficient (Wildman–Crippen LogP) is 2.77. The molecule has 0 aromatic heterocycles. The minimum absolute atomic E-state index is 0.205. The third kappa shape index (κ3) is 4.69. The van der Waals surface area contributed by atoms with E-state index in [0.717, 1.165) is 5.56 Å². The quantitative estimate of drug-likeness (QED) is 0.776. The second-order valence-electron chi connectivity index (χ2n) is 2.93. The molecule has 1 rings (SSSR count). The lowest BCUT2D eigenvalue weighted by Crippen LogP contribution is -2.17.